The van der Waals surface area contributed by atoms with Crippen LogP contribution < -0.4 is 15.4 Å². The molecule has 1 fully saturated rings. The lowest BCUT2D eigenvalue weighted by Crippen LogP contribution is -2.36. The first-order valence-corrected chi connectivity index (χ1v) is 10.6. The second-order valence-electron chi connectivity index (χ2n) is 7.58. The van der Waals surface area contributed by atoms with Gasteiger partial charge in [0.15, 0.2) is 6.10 Å². The molecule has 0 bridgehead atoms. The van der Waals surface area contributed by atoms with Gasteiger partial charge in [-0.15, -0.1) is 0 Å². The minimum absolute atomic E-state index is 0.286. The molecule has 3 rings (SSSR count). The van der Waals surface area contributed by atoms with Gasteiger partial charge in [0.25, 0.3) is 5.91 Å². The summed E-state index contributed by atoms with van der Waals surface area (Å²) in [6, 6.07) is 13.5. The van der Waals surface area contributed by atoms with Gasteiger partial charge in [0.2, 0.25) is 5.91 Å². The summed E-state index contributed by atoms with van der Waals surface area (Å²) >= 11 is 6.05. The number of carboxylic acid groups (broad SMARTS) is 1. The Morgan fingerprint density at radius 3 is 2.16 bits per heavy atom. The molecular weight excluding hydrogens is 420 g/mol. The van der Waals surface area contributed by atoms with Crippen LogP contribution in [0.2, 0.25) is 5.02 Å². The largest absolute Gasteiger partial charge is 0.481 e. The second kappa shape index (κ2) is 10.3. The van der Waals surface area contributed by atoms with E-state index in [0.29, 0.717) is 35.0 Å². The Morgan fingerprint density at radius 2 is 1.55 bits per heavy atom. The van der Waals surface area contributed by atoms with Crippen LogP contribution in [0.25, 0.3) is 0 Å². The number of carboxylic acids is 1. The number of halogens is 1. The molecular formula is C23H25ClN2O5. The van der Waals surface area contributed by atoms with Gasteiger partial charge in [-0.1, -0.05) is 36.6 Å². The van der Waals surface area contributed by atoms with Crippen LogP contribution >= 0.6 is 11.6 Å². The number of ether oxygens (including phenoxy) is 1. The van der Waals surface area contributed by atoms with Crippen molar-refractivity contribution in [2.75, 3.05) is 10.6 Å². The van der Waals surface area contributed by atoms with E-state index in [1.807, 2.05) is 0 Å². The third-order valence-corrected chi connectivity index (χ3v) is 5.66. The van der Waals surface area contributed by atoms with Crippen LogP contribution in [0.15, 0.2) is 48.5 Å². The number of amides is 2. The van der Waals surface area contributed by atoms with E-state index >= 15 is 0 Å². The number of para-hydroxylation sites is 1. The van der Waals surface area contributed by atoms with Gasteiger partial charge in [0.05, 0.1) is 16.9 Å². The summed E-state index contributed by atoms with van der Waals surface area (Å²) in [5.41, 5.74) is 1.08. The third kappa shape index (κ3) is 5.98. The van der Waals surface area contributed by atoms with Gasteiger partial charge in [-0.05, 0) is 56.2 Å². The molecule has 1 aliphatic carbocycles. The fourth-order valence-corrected chi connectivity index (χ4v) is 3.82. The number of carbonyl (C=O) groups excluding carboxylic acids is 2. The molecule has 3 N–H and O–H groups in total. The molecule has 0 spiro atoms. The van der Waals surface area contributed by atoms with Gasteiger partial charge in [-0.3, -0.25) is 14.4 Å². The van der Waals surface area contributed by atoms with Crippen LogP contribution in [-0.2, 0) is 14.4 Å². The minimum Gasteiger partial charge on any atom is -0.481 e. The summed E-state index contributed by atoms with van der Waals surface area (Å²) in [6.45, 7) is 1.62. The minimum atomic E-state index is -0.925. The zero-order valence-electron chi connectivity index (χ0n) is 17.1. The Labute approximate surface area is 185 Å². The molecule has 3 atom stereocenters. The molecule has 1 aliphatic rings. The number of nitrogens with one attached hydrogen (secondary N) is 2. The summed E-state index contributed by atoms with van der Waals surface area (Å²) in [5.74, 6) is -2.31. The van der Waals surface area contributed by atoms with Crippen molar-refractivity contribution in [3.05, 3.63) is 53.6 Å². The smallest absolute Gasteiger partial charge is 0.307 e. The van der Waals surface area contributed by atoms with Crippen LogP contribution in [0, 0.1) is 11.8 Å². The highest BCUT2D eigenvalue weighted by Gasteiger charge is 2.35. The monoisotopic (exact) mass is 444 g/mol. The van der Waals surface area contributed by atoms with E-state index in [-0.39, 0.29) is 11.8 Å². The molecule has 2 aromatic carbocycles. The maximum Gasteiger partial charge on any atom is 0.307 e. The number of aliphatic carboxylic acids is 1. The normalized spacial score (nSPS) is 19.2. The predicted molar refractivity (Wildman–Crippen MR) is 118 cm³/mol. The molecule has 0 aliphatic heterocycles. The van der Waals surface area contributed by atoms with E-state index in [1.54, 1.807) is 55.5 Å². The lowest BCUT2D eigenvalue weighted by Gasteiger charge is -2.27. The van der Waals surface area contributed by atoms with Gasteiger partial charge >= 0.3 is 5.97 Å². The number of benzene rings is 2. The molecule has 1 saturated carbocycles. The van der Waals surface area contributed by atoms with E-state index in [4.69, 9.17) is 16.3 Å². The van der Waals surface area contributed by atoms with Crippen molar-refractivity contribution < 1.29 is 24.2 Å². The van der Waals surface area contributed by atoms with Crippen LogP contribution in [0.4, 0.5) is 11.4 Å². The van der Waals surface area contributed by atoms with E-state index < -0.39 is 23.9 Å². The van der Waals surface area contributed by atoms with Gasteiger partial charge in [-0.2, -0.15) is 0 Å². The van der Waals surface area contributed by atoms with E-state index in [1.165, 1.54) is 0 Å². The quantitative estimate of drug-likeness (QED) is 0.580. The fraction of sp³-hybridized carbons (Fsp3) is 0.348. The SMILES string of the molecule is CC(Oc1ccccc1Cl)C(=O)Nc1ccc(NC(=O)C2CCCCC2C(=O)O)cc1. The standard InChI is InChI=1S/C23H25ClN2O5/c1-14(31-20-9-5-4-8-19(20)24)21(27)25-15-10-12-16(13-11-15)26-22(28)17-6-2-3-7-18(17)23(29)30/h4-5,8-14,17-18H,2-3,6-7H2,1H3,(H,25,27)(H,26,28)(H,29,30). The van der Waals surface area contributed by atoms with Crippen LogP contribution in [-0.4, -0.2) is 29.0 Å². The van der Waals surface area contributed by atoms with Crippen molar-refractivity contribution in [3.8, 4) is 5.75 Å². The average molecular weight is 445 g/mol. The molecule has 0 radical (unpaired) electrons. The first-order valence-electron chi connectivity index (χ1n) is 10.2. The molecule has 31 heavy (non-hydrogen) atoms. The maximum absolute atomic E-state index is 12.6. The van der Waals surface area contributed by atoms with Gasteiger partial charge < -0.3 is 20.5 Å². The van der Waals surface area contributed by atoms with Crippen molar-refractivity contribution in [1.29, 1.82) is 0 Å². The highest BCUT2D eigenvalue weighted by Crippen LogP contribution is 2.31. The van der Waals surface area contributed by atoms with E-state index in [2.05, 4.69) is 10.6 Å². The zero-order chi connectivity index (χ0) is 22.4. The highest BCUT2D eigenvalue weighted by molar-refractivity contribution is 6.32. The van der Waals surface area contributed by atoms with Crippen molar-refractivity contribution in [2.24, 2.45) is 11.8 Å². The Hall–Kier alpha value is -3.06. The molecule has 2 amide bonds. The van der Waals surface area contributed by atoms with Gasteiger partial charge in [-0.25, -0.2) is 0 Å². The third-order valence-electron chi connectivity index (χ3n) is 5.35. The second-order valence-corrected chi connectivity index (χ2v) is 7.99. The average Bonchev–Trinajstić information content (AvgIpc) is 2.76. The Bertz CT molecular complexity index is 947. The number of hydrogen-bond acceptors (Lipinski definition) is 4. The van der Waals surface area contributed by atoms with E-state index in [0.717, 1.165) is 12.8 Å². The molecule has 8 heteroatoms. The fourth-order valence-electron chi connectivity index (χ4n) is 3.64. The molecule has 0 heterocycles. The zero-order valence-corrected chi connectivity index (χ0v) is 17.9. The van der Waals surface area contributed by atoms with Crippen LogP contribution in [0.5, 0.6) is 5.75 Å². The van der Waals surface area contributed by atoms with E-state index in [9.17, 15) is 19.5 Å². The summed E-state index contributed by atoms with van der Waals surface area (Å²) in [6.07, 6.45) is 2.00. The summed E-state index contributed by atoms with van der Waals surface area (Å²) in [7, 11) is 0. The molecule has 3 unspecified atom stereocenters. The van der Waals surface area contributed by atoms with Crippen molar-refractivity contribution >= 4 is 40.8 Å². The number of hydrogen-bond donors (Lipinski definition) is 3. The summed E-state index contributed by atoms with van der Waals surface area (Å²) in [4.78, 5) is 36.4. The predicted octanol–water partition coefficient (Wildman–Crippen LogP) is 4.58. The van der Waals surface area contributed by atoms with Crippen molar-refractivity contribution in [3.63, 3.8) is 0 Å². The number of carbonyl (C=O) groups is 3. The first kappa shape index (κ1) is 22.6. The van der Waals surface area contributed by atoms with Gasteiger partial charge in [0.1, 0.15) is 5.75 Å². The topological polar surface area (TPSA) is 105 Å². The van der Waals surface area contributed by atoms with Crippen molar-refractivity contribution in [1.82, 2.24) is 0 Å². The van der Waals surface area contributed by atoms with Crippen LogP contribution in [0.3, 0.4) is 0 Å². The van der Waals surface area contributed by atoms with Crippen molar-refractivity contribution in [2.45, 2.75) is 38.7 Å². The summed E-state index contributed by atoms with van der Waals surface area (Å²) < 4.78 is 5.60. The Kier molecular flexibility index (Phi) is 7.52. The maximum atomic E-state index is 12.6. The summed E-state index contributed by atoms with van der Waals surface area (Å²) in [5, 5.41) is 15.3. The molecule has 164 valence electrons. The van der Waals surface area contributed by atoms with Gasteiger partial charge in [0, 0.05) is 11.4 Å². The van der Waals surface area contributed by atoms with Crippen LogP contribution in [0.1, 0.15) is 32.6 Å². The molecule has 0 aromatic heterocycles. The Balaban J connectivity index is 1.56. The Morgan fingerprint density at radius 1 is 0.968 bits per heavy atom. The molecule has 7 nitrogen and oxygen atoms in total. The first-order chi connectivity index (χ1) is 14.8. The lowest BCUT2D eigenvalue weighted by molar-refractivity contribution is -0.147. The number of anilines is 2. The number of rotatable bonds is 7. The lowest BCUT2D eigenvalue weighted by atomic mass is 9.78. The molecule has 2 aromatic rings. The molecule has 0 saturated heterocycles. The highest BCUT2D eigenvalue weighted by atomic mass is 35.5.